The smallest absolute Gasteiger partial charge is 0.339 e. The van der Waals surface area contributed by atoms with Crippen LogP contribution in [-0.2, 0) is 13.5 Å². The maximum absolute atomic E-state index is 12.1. The second kappa shape index (κ2) is 7.21. The molecule has 0 fully saturated rings. The first-order chi connectivity index (χ1) is 12.1. The largest absolute Gasteiger partial charge is 0.347 e. The lowest BCUT2D eigenvalue weighted by atomic mass is 10.1. The Balaban J connectivity index is 1.73. The second-order valence-corrected chi connectivity index (χ2v) is 5.91. The van der Waals surface area contributed by atoms with E-state index in [9.17, 15) is 4.79 Å². The lowest BCUT2D eigenvalue weighted by molar-refractivity contribution is 0.252. The fourth-order valence-corrected chi connectivity index (χ4v) is 2.97. The average Bonchev–Trinajstić information content (AvgIpc) is 2.87. The lowest BCUT2D eigenvalue weighted by Gasteiger charge is -2.08. The van der Waals surface area contributed by atoms with Crippen LogP contribution >= 0.6 is 0 Å². The molecule has 0 aliphatic carbocycles. The molecule has 0 saturated heterocycles. The molecule has 3 rings (SSSR count). The topological polar surface area (TPSA) is 58.4 Å². The van der Waals surface area contributed by atoms with E-state index in [0.29, 0.717) is 0 Å². The van der Waals surface area contributed by atoms with E-state index in [2.05, 4.69) is 39.5 Å². The number of benzene rings is 2. The van der Waals surface area contributed by atoms with Gasteiger partial charge in [0.2, 0.25) is 0 Å². The van der Waals surface area contributed by atoms with Crippen molar-refractivity contribution in [1.82, 2.24) is 9.99 Å². The Labute approximate surface area is 147 Å². The first-order valence-corrected chi connectivity index (χ1v) is 8.33. The third kappa shape index (κ3) is 3.40. The molecular weight excluding hydrogens is 312 g/mol. The molecule has 0 atom stereocenters. The van der Waals surface area contributed by atoms with Crippen LogP contribution in [0.5, 0.6) is 0 Å². The lowest BCUT2D eigenvalue weighted by Crippen LogP contribution is -2.24. The minimum atomic E-state index is -0.352. The molecule has 2 aromatic carbocycles. The number of fused-ring (bicyclic) bond motifs is 1. The van der Waals surface area contributed by atoms with Crippen molar-refractivity contribution in [1.29, 1.82) is 0 Å². The van der Waals surface area contributed by atoms with Crippen molar-refractivity contribution in [2.75, 3.05) is 5.32 Å². The Hall–Kier alpha value is -3.08. The molecule has 0 aliphatic heterocycles. The highest BCUT2D eigenvalue weighted by Crippen LogP contribution is 2.23. The molecule has 5 nitrogen and oxygen atoms in total. The molecule has 1 aromatic heterocycles. The zero-order valence-corrected chi connectivity index (χ0v) is 14.7. The van der Waals surface area contributed by atoms with Gasteiger partial charge in [0.05, 0.1) is 6.21 Å². The molecular formula is C20H22N4O. The monoisotopic (exact) mass is 334 g/mol. The number of nitrogens with one attached hydrogen (secondary N) is 2. The van der Waals surface area contributed by atoms with Gasteiger partial charge in [0.1, 0.15) is 0 Å². The van der Waals surface area contributed by atoms with E-state index in [1.807, 2.05) is 50.4 Å². The fourth-order valence-electron chi connectivity index (χ4n) is 2.97. The number of anilines is 1. The third-order valence-corrected chi connectivity index (χ3v) is 4.45. The Morgan fingerprint density at radius 3 is 2.68 bits per heavy atom. The molecule has 2 N–H and O–H groups in total. The highest BCUT2D eigenvalue weighted by Gasteiger charge is 2.09. The number of aryl methyl sites for hydroxylation is 2. The van der Waals surface area contributed by atoms with Gasteiger partial charge >= 0.3 is 6.03 Å². The standard InChI is InChI=1S/C20H22N4O/c1-4-15-9-5-7-11-18(15)22-20(25)23-21-13-17-14(2)24(3)19-12-8-6-10-16(17)19/h5-13H,4H2,1-3H3,(H2,22,23,25)/b21-13-. The van der Waals surface area contributed by atoms with Crippen LogP contribution in [-0.4, -0.2) is 16.8 Å². The number of urea groups is 1. The number of amides is 2. The molecule has 0 bridgehead atoms. The summed E-state index contributed by atoms with van der Waals surface area (Å²) in [4.78, 5) is 12.1. The fraction of sp³-hybridized carbons (Fsp3) is 0.200. The molecule has 0 spiro atoms. The van der Waals surface area contributed by atoms with Crippen LogP contribution in [0, 0.1) is 6.92 Å². The van der Waals surface area contributed by atoms with Gasteiger partial charge in [-0.25, -0.2) is 10.2 Å². The van der Waals surface area contributed by atoms with Crippen molar-refractivity contribution in [2.24, 2.45) is 12.1 Å². The van der Waals surface area contributed by atoms with Crippen LogP contribution in [0.15, 0.2) is 53.6 Å². The van der Waals surface area contributed by atoms with Crippen molar-refractivity contribution in [3.63, 3.8) is 0 Å². The van der Waals surface area contributed by atoms with E-state index >= 15 is 0 Å². The van der Waals surface area contributed by atoms with Crippen LogP contribution in [0.2, 0.25) is 0 Å². The van der Waals surface area contributed by atoms with E-state index in [-0.39, 0.29) is 6.03 Å². The molecule has 3 aromatic rings. The first kappa shape index (κ1) is 16.8. The quantitative estimate of drug-likeness (QED) is 0.545. The Morgan fingerprint density at radius 2 is 1.88 bits per heavy atom. The van der Waals surface area contributed by atoms with Crippen LogP contribution < -0.4 is 10.7 Å². The second-order valence-electron chi connectivity index (χ2n) is 5.91. The Bertz CT molecular complexity index is 940. The SMILES string of the molecule is CCc1ccccc1NC(=O)N/N=C\c1c(C)n(C)c2ccccc12. The van der Waals surface area contributed by atoms with Crippen molar-refractivity contribution in [3.05, 3.63) is 65.4 Å². The molecule has 25 heavy (non-hydrogen) atoms. The molecule has 0 saturated carbocycles. The first-order valence-electron chi connectivity index (χ1n) is 8.33. The number of carbonyl (C=O) groups excluding carboxylic acids is 1. The van der Waals surface area contributed by atoms with Gasteiger partial charge in [0.15, 0.2) is 0 Å². The Kier molecular flexibility index (Phi) is 4.84. The van der Waals surface area contributed by atoms with E-state index < -0.39 is 0 Å². The minimum Gasteiger partial charge on any atom is -0.347 e. The third-order valence-electron chi connectivity index (χ3n) is 4.45. The van der Waals surface area contributed by atoms with E-state index in [0.717, 1.165) is 39.8 Å². The molecule has 0 aliphatic rings. The van der Waals surface area contributed by atoms with E-state index in [1.165, 1.54) is 0 Å². The molecule has 5 heteroatoms. The van der Waals surface area contributed by atoms with E-state index in [1.54, 1.807) is 6.21 Å². The number of rotatable bonds is 4. The normalized spacial score (nSPS) is 11.2. The molecule has 2 amide bonds. The summed E-state index contributed by atoms with van der Waals surface area (Å²) >= 11 is 0. The van der Waals surface area contributed by atoms with Crippen molar-refractivity contribution in [3.8, 4) is 0 Å². The summed E-state index contributed by atoms with van der Waals surface area (Å²) in [5, 5.41) is 8.07. The van der Waals surface area contributed by atoms with Gasteiger partial charge in [-0.05, 0) is 31.0 Å². The maximum Gasteiger partial charge on any atom is 0.339 e. The summed E-state index contributed by atoms with van der Waals surface area (Å²) in [6, 6.07) is 15.5. The number of hydrogen-bond acceptors (Lipinski definition) is 2. The van der Waals surface area contributed by atoms with Crippen LogP contribution in [0.25, 0.3) is 10.9 Å². The number of para-hydroxylation sites is 2. The number of nitrogens with zero attached hydrogens (tertiary/aromatic N) is 2. The summed E-state index contributed by atoms with van der Waals surface area (Å²) in [7, 11) is 2.02. The van der Waals surface area contributed by atoms with Gasteiger partial charge in [0, 0.05) is 34.9 Å². The van der Waals surface area contributed by atoms with E-state index in [4.69, 9.17) is 0 Å². The van der Waals surface area contributed by atoms with Gasteiger partial charge in [-0.3, -0.25) is 0 Å². The number of carbonyl (C=O) groups is 1. The summed E-state index contributed by atoms with van der Waals surface area (Å²) < 4.78 is 2.12. The van der Waals surface area contributed by atoms with Gasteiger partial charge in [-0.2, -0.15) is 5.10 Å². The van der Waals surface area contributed by atoms with Gasteiger partial charge in [-0.15, -0.1) is 0 Å². The minimum absolute atomic E-state index is 0.352. The number of aromatic nitrogens is 1. The van der Waals surface area contributed by atoms with Crippen molar-refractivity contribution < 1.29 is 4.79 Å². The Morgan fingerprint density at radius 1 is 1.16 bits per heavy atom. The van der Waals surface area contributed by atoms with Gasteiger partial charge in [0.25, 0.3) is 0 Å². The predicted molar refractivity (Wildman–Crippen MR) is 103 cm³/mol. The average molecular weight is 334 g/mol. The van der Waals surface area contributed by atoms with Crippen LogP contribution in [0.4, 0.5) is 10.5 Å². The van der Waals surface area contributed by atoms with Crippen molar-refractivity contribution in [2.45, 2.75) is 20.3 Å². The zero-order valence-electron chi connectivity index (χ0n) is 14.7. The molecule has 128 valence electrons. The molecule has 0 radical (unpaired) electrons. The highest BCUT2D eigenvalue weighted by atomic mass is 16.2. The summed E-state index contributed by atoms with van der Waals surface area (Å²) in [6.45, 7) is 4.10. The number of hydrogen-bond donors (Lipinski definition) is 2. The van der Waals surface area contributed by atoms with Gasteiger partial charge in [-0.1, -0.05) is 43.3 Å². The predicted octanol–water partition coefficient (Wildman–Crippen LogP) is 4.20. The number of hydrazone groups is 1. The summed E-state index contributed by atoms with van der Waals surface area (Å²) in [5.41, 5.74) is 7.69. The van der Waals surface area contributed by atoms with Gasteiger partial charge < -0.3 is 9.88 Å². The highest BCUT2D eigenvalue weighted by molar-refractivity contribution is 6.01. The van der Waals surface area contributed by atoms with Crippen molar-refractivity contribution >= 4 is 28.8 Å². The zero-order chi connectivity index (χ0) is 17.8. The van der Waals surface area contributed by atoms with Crippen LogP contribution in [0.3, 0.4) is 0 Å². The maximum atomic E-state index is 12.1. The molecule has 1 heterocycles. The summed E-state index contributed by atoms with van der Waals surface area (Å²) in [6.07, 6.45) is 2.55. The van der Waals surface area contributed by atoms with Crippen LogP contribution in [0.1, 0.15) is 23.7 Å². The summed E-state index contributed by atoms with van der Waals surface area (Å²) in [5.74, 6) is 0. The molecule has 0 unspecified atom stereocenters.